The summed E-state index contributed by atoms with van der Waals surface area (Å²) in [6.45, 7) is 6.60. The monoisotopic (exact) mass is 320 g/mol. The minimum atomic E-state index is 0. The molecule has 4 fully saturated rings. The average molecular weight is 321 g/mol. The molecule has 0 unspecified atom stereocenters. The van der Waals surface area contributed by atoms with Crippen molar-refractivity contribution in [3.63, 3.8) is 0 Å². The van der Waals surface area contributed by atoms with Crippen LogP contribution in [0.15, 0.2) is 28.0 Å². The fourth-order valence-electron chi connectivity index (χ4n) is 5.93. The van der Waals surface area contributed by atoms with Crippen LogP contribution in [-0.2, 0) is 0 Å². The van der Waals surface area contributed by atoms with E-state index in [1.807, 2.05) is 0 Å². The van der Waals surface area contributed by atoms with Crippen molar-refractivity contribution in [1.82, 2.24) is 5.32 Å². The van der Waals surface area contributed by atoms with E-state index in [1.165, 1.54) is 61.1 Å². The summed E-state index contributed by atoms with van der Waals surface area (Å²) >= 11 is 0. The molecule has 1 heterocycles. The van der Waals surface area contributed by atoms with E-state index in [0.29, 0.717) is 5.54 Å². The van der Waals surface area contributed by atoms with Crippen LogP contribution in [0.3, 0.4) is 0 Å². The van der Waals surface area contributed by atoms with Crippen molar-refractivity contribution < 1.29 is 0 Å². The van der Waals surface area contributed by atoms with Gasteiger partial charge in [-0.3, -0.25) is 4.99 Å². The molecule has 0 amide bonds. The minimum absolute atomic E-state index is 0. The second kappa shape index (κ2) is 5.70. The Labute approximate surface area is 141 Å². The van der Waals surface area contributed by atoms with E-state index in [9.17, 15) is 0 Å². The molecule has 0 aromatic heterocycles. The molecule has 3 heteroatoms. The lowest BCUT2D eigenvalue weighted by molar-refractivity contribution is -0.0130. The molecule has 0 saturated heterocycles. The molecule has 4 saturated carbocycles. The Balaban J connectivity index is 0.00000144. The molecule has 0 aromatic rings. The fraction of sp³-hybridized carbons (Fsp3) is 0.737. The summed E-state index contributed by atoms with van der Waals surface area (Å²) in [5.41, 5.74) is 5.62. The summed E-state index contributed by atoms with van der Waals surface area (Å²) in [5.74, 6) is 3.00. The molecular weight excluding hydrogens is 292 g/mol. The van der Waals surface area contributed by atoms with Crippen molar-refractivity contribution in [3.05, 3.63) is 23.0 Å². The van der Waals surface area contributed by atoms with E-state index < -0.39 is 0 Å². The summed E-state index contributed by atoms with van der Waals surface area (Å²) < 4.78 is 0. The van der Waals surface area contributed by atoms with Gasteiger partial charge in [0.05, 0.1) is 5.70 Å². The molecule has 122 valence electrons. The second-order valence-electron chi connectivity index (χ2n) is 8.03. The van der Waals surface area contributed by atoms with Crippen molar-refractivity contribution >= 4 is 18.1 Å². The zero-order valence-electron chi connectivity index (χ0n) is 14.1. The van der Waals surface area contributed by atoms with Crippen LogP contribution in [-0.4, -0.2) is 11.3 Å². The largest absolute Gasteiger partial charge is 0.384 e. The first-order chi connectivity index (χ1) is 10.1. The van der Waals surface area contributed by atoms with Gasteiger partial charge < -0.3 is 5.32 Å². The Kier molecular flexibility index (Phi) is 4.18. The predicted octanol–water partition coefficient (Wildman–Crippen LogP) is 5.01. The Bertz CT molecular complexity index is 520. The van der Waals surface area contributed by atoms with Crippen molar-refractivity contribution in [1.29, 1.82) is 0 Å². The zero-order valence-corrected chi connectivity index (χ0v) is 14.9. The van der Waals surface area contributed by atoms with Gasteiger partial charge in [0.25, 0.3) is 0 Å². The van der Waals surface area contributed by atoms with E-state index >= 15 is 0 Å². The summed E-state index contributed by atoms with van der Waals surface area (Å²) in [6.07, 6.45) is 12.1. The van der Waals surface area contributed by atoms with E-state index in [2.05, 4.69) is 32.3 Å². The van der Waals surface area contributed by atoms with Crippen molar-refractivity contribution in [2.24, 2.45) is 22.7 Å². The summed E-state index contributed by atoms with van der Waals surface area (Å²) in [5, 5.41) is 3.86. The predicted molar refractivity (Wildman–Crippen MR) is 95.5 cm³/mol. The Morgan fingerprint density at radius 2 is 1.64 bits per heavy atom. The molecule has 0 radical (unpaired) electrons. The van der Waals surface area contributed by atoms with Gasteiger partial charge in [0, 0.05) is 17.5 Å². The maximum absolute atomic E-state index is 4.78. The molecule has 4 bridgehead atoms. The van der Waals surface area contributed by atoms with Gasteiger partial charge in [-0.15, -0.1) is 12.4 Å². The van der Waals surface area contributed by atoms with Crippen LogP contribution >= 0.6 is 12.4 Å². The summed E-state index contributed by atoms with van der Waals surface area (Å²) in [7, 11) is 0. The van der Waals surface area contributed by atoms with Gasteiger partial charge in [-0.25, -0.2) is 0 Å². The van der Waals surface area contributed by atoms with E-state index in [1.54, 1.807) is 0 Å². The van der Waals surface area contributed by atoms with Crippen LogP contribution in [0.25, 0.3) is 0 Å². The van der Waals surface area contributed by atoms with Crippen molar-refractivity contribution in [2.75, 3.05) is 0 Å². The van der Waals surface area contributed by atoms with Gasteiger partial charge in [0.1, 0.15) is 0 Å². The second-order valence-corrected chi connectivity index (χ2v) is 8.03. The quantitative estimate of drug-likeness (QED) is 0.776. The number of allylic oxidation sites excluding steroid dienone is 2. The summed E-state index contributed by atoms with van der Waals surface area (Å²) in [4.78, 5) is 4.78. The molecule has 4 aliphatic carbocycles. The SMILES string of the molecule is CCC1=C(C)/C(=C/NC23CC4CC(CC(C4)C2)C3)N=C1C.Cl. The maximum atomic E-state index is 4.78. The van der Waals surface area contributed by atoms with E-state index in [4.69, 9.17) is 4.99 Å². The van der Waals surface area contributed by atoms with Crippen LogP contribution < -0.4 is 5.32 Å². The van der Waals surface area contributed by atoms with Crippen molar-refractivity contribution in [2.45, 2.75) is 71.3 Å². The minimum Gasteiger partial charge on any atom is -0.384 e. The lowest BCUT2D eigenvalue weighted by Gasteiger charge is -2.57. The number of nitrogens with one attached hydrogen (secondary N) is 1. The number of hydrogen-bond donors (Lipinski definition) is 1. The van der Waals surface area contributed by atoms with Gasteiger partial charge in [0.15, 0.2) is 0 Å². The summed E-state index contributed by atoms with van der Waals surface area (Å²) in [6, 6.07) is 0. The molecular formula is C19H29ClN2. The highest BCUT2D eigenvalue weighted by atomic mass is 35.5. The van der Waals surface area contributed by atoms with Crippen LogP contribution in [0.4, 0.5) is 0 Å². The molecule has 5 aliphatic rings. The maximum Gasteiger partial charge on any atom is 0.0822 e. The normalized spacial score (nSPS) is 41.0. The van der Waals surface area contributed by atoms with Gasteiger partial charge in [-0.05, 0) is 87.7 Å². The highest BCUT2D eigenvalue weighted by Gasteiger charge is 2.50. The first-order valence-electron chi connectivity index (χ1n) is 8.82. The number of rotatable bonds is 3. The number of hydrogen-bond acceptors (Lipinski definition) is 2. The highest BCUT2D eigenvalue weighted by Crippen LogP contribution is 2.55. The van der Waals surface area contributed by atoms with Gasteiger partial charge in [-0.1, -0.05) is 6.92 Å². The van der Waals surface area contributed by atoms with E-state index in [0.717, 1.165) is 24.2 Å². The standard InChI is InChI=1S/C19H28N2.ClH/c1-4-17-12(2)18(21-13(17)3)11-20-19-8-14-5-15(9-19)7-16(6-14)10-19;/h11,14-16,20H,4-10H2,1-3H3;1H/b18-11-;. The number of nitrogens with zero attached hydrogens (tertiary/aromatic N) is 1. The number of halogens is 1. The van der Waals surface area contributed by atoms with Crippen LogP contribution in [0.5, 0.6) is 0 Å². The molecule has 22 heavy (non-hydrogen) atoms. The molecule has 0 spiro atoms. The molecule has 5 rings (SSSR count). The molecule has 2 nitrogen and oxygen atoms in total. The lowest BCUT2D eigenvalue weighted by atomic mass is 9.53. The average Bonchev–Trinajstić information content (AvgIpc) is 2.69. The lowest BCUT2D eigenvalue weighted by Crippen LogP contribution is -2.57. The first-order valence-corrected chi connectivity index (χ1v) is 8.82. The van der Waals surface area contributed by atoms with Gasteiger partial charge in [0.2, 0.25) is 0 Å². The number of aliphatic imine (C=N–C) groups is 1. The molecule has 1 N–H and O–H groups in total. The third kappa shape index (κ3) is 2.54. The Morgan fingerprint density at radius 1 is 1.09 bits per heavy atom. The van der Waals surface area contributed by atoms with Gasteiger partial charge in [-0.2, -0.15) is 0 Å². The van der Waals surface area contributed by atoms with Crippen LogP contribution in [0, 0.1) is 17.8 Å². The zero-order chi connectivity index (χ0) is 14.6. The van der Waals surface area contributed by atoms with Crippen LogP contribution in [0.2, 0.25) is 0 Å². The van der Waals surface area contributed by atoms with Crippen LogP contribution in [0.1, 0.15) is 65.7 Å². The fourth-order valence-corrected chi connectivity index (χ4v) is 5.93. The Morgan fingerprint density at radius 3 is 2.09 bits per heavy atom. The molecule has 1 aliphatic heterocycles. The third-order valence-electron chi connectivity index (χ3n) is 6.47. The van der Waals surface area contributed by atoms with E-state index in [-0.39, 0.29) is 12.4 Å². The molecule has 0 aromatic carbocycles. The topological polar surface area (TPSA) is 24.4 Å². The van der Waals surface area contributed by atoms with Crippen molar-refractivity contribution in [3.8, 4) is 0 Å². The smallest absolute Gasteiger partial charge is 0.0822 e. The highest BCUT2D eigenvalue weighted by molar-refractivity contribution is 6.02. The first kappa shape index (κ1) is 16.1. The third-order valence-corrected chi connectivity index (χ3v) is 6.47. The molecule has 0 atom stereocenters. The van der Waals surface area contributed by atoms with Gasteiger partial charge >= 0.3 is 0 Å². The Hall–Kier alpha value is -0.760.